The molecule has 1 N–H and O–H groups in total. The average molecular weight is 387 g/mol. The molecular weight excluding hydrogens is 366 g/mol. The molecule has 146 valence electrons. The standard InChI is InChI=1S/C24H21NO4/c1-4-29-22(27)19-15(3)25-23(28)24(21(19)26)18-13-9-8-12-17(18)14(2)20(24)16-10-6-5-7-11-16/h5-13,26H,4H2,1-3H3. The van der Waals surface area contributed by atoms with Crippen molar-refractivity contribution < 1.29 is 19.4 Å². The molecule has 1 spiro atoms. The highest BCUT2D eigenvalue weighted by Gasteiger charge is 2.57. The van der Waals surface area contributed by atoms with Crippen molar-refractivity contribution in [3.63, 3.8) is 0 Å². The number of rotatable bonds is 3. The van der Waals surface area contributed by atoms with E-state index in [2.05, 4.69) is 4.99 Å². The molecule has 0 saturated heterocycles. The molecule has 0 saturated carbocycles. The van der Waals surface area contributed by atoms with Gasteiger partial charge in [-0.05, 0) is 48.6 Å². The Morgan fingerprint density at radius 1 is 1.07 bits per heavy atom. The minimum Gasteiger partial charge on any atom is -0.509 e. The fourth-order valence-corrected chi connectivity index (χ4v) is 4.39. The zero-order valence-corrected chi connectivity index (χ0v) is 16.5. The highest BCUT2D eigenvalue weighted by molar-refractivity contribution is 6.29. The Bertz CT molecular complexity index is 1120. The number of dihydropyridines is 1. The van der Waals surface area contributed by atoms with Crippen molar-refractivity contribution in [2.45, 2.75) is 26.2 Å². The number of aliphatic hydroxyl groups is 1. The van der Waals surface area contributed by atoms with Crippen LogP contribution in [0, 0.1) is 0 Å². The summed E-state index contributed by atoms with van der Waals surface area (Å²) in [5.41, 5.74) is 2.31. The van der Waals surface area contributed by atoms with Crippen LogP contribution in [-0.2, 0) is 19.7 Å². The lowest BCUT2D eigenvalue weighted by atomic mass is 9.69. The molecule has 0 fully saturated rings. The molecule has 2 aliphatic rings. The van der Waals surface area contributed by atoms with Crippen LogP contribution >= 0.6 is 0 Å². The Morgan fingerprint density at radius 3 is 2.41 bits per heavy atom. The lowest BCUT2D eigenvalue weighted by molar-refractivity contribution is -0.138. The van der Waals surface area contributed by atoms with E-state index in [4.69, 9.17) is 4.74 Å². The Kier molecular flexibility index (Phi) is 4.46. The molecule has 29 heavy (non-hydrogen) atoms. The van der Waals surface area contributed by atoms with Crippen molar-refractivity contribution >= 4 is 28.7 Å². The number of carbonyl (C=O) groups excluding carboxylic acids is 2. The molecule has 0 bridgehead atoms. The number of carbonyl (C=O) groups is 2. The van der Waals surface area contributed by atoms with Crippen molar-refractivity contribution in [2.75, 3.05) is 6.61 Å². The Morgan fingerprint density at radius 2 is 1.72 bits per heavy atom. The van der Waals surface area contributed by atoms with E-state index in [0.717, 1.165) is 16.7 Å². The second kappa shape index (κ2) is 6.85. The molecule has 4 rings (SSSR count). The Labute approximate surface area is 169 Å². The number of aliphatic imine (C=N–C) groups is 1. The molecule has 1 atom stereocenters. The van der Waals surface area contributed by atoms with E-state index in [1.54, 1.807) is 6.92 Å². The van der Waals surface area contributed by atoms with Crippen LogP contribution in [0.3, 0.4) is 0 Å². The van der Waals surface area contributed by atoms with Gasteiger partial charge in [0.15, 0.2) is 5.41 Å². The molecule has 2 aromatic carbocycles. The lowest BCUT2D eigenvalue weighted by Crippen LogP contribution is -2.42. The third-order valence-corrected chi connectivity index (χ3v) is 5.57. The van der Waals surface area contributed by atoms with E-state index in [-0.39, 0.29) is 23.7 Å². The van der Waals surface area contributed by atoms with Gasteiger partial charge < -0.3 is 9.84 Å². The number of ether oxygens (including phenoxy) is 1. The topological polar surface area (TPSA) is 76.0 Å². The minimum absolute atomic E-state index is 0.0515. The fourth-order valence-electron chi connectivity index (χ4n) is 4.39. The van der Waals surface area contributed by atoms with E-state index >= 15 is 0 Å². The van der Waals surface area contributed by atoms with Gasteiger partial charge in [0.1, 0.15) is 11.3 Å². The van der Waals surface area contributed by atoms with E-state index in [0.29, 0.717) is 11.1 Å². The fraction of sp³-hybridized carbons (Fsp3) is 0.208. The van der Waals surface area contributed by atoms with Crippen molar-refractivity contribution in [3.8, 4) is 0 Å². The average Bonchev–Trinajstić information content (AvgIpc) is 2.98. The van der Waals surface area contributed by atoms with E-state index in [1.165, 1.54) is 6.92 Å². The molecule has 1 unspecified atom stereocenters. The number of amides is 1. The second-order valence-corrected chi connectivity index (χ2v) is 7.11. The lowest BCUT2D eigenvalue weighted by Gasteiger charge is -2.34. The number of aliphatic hydroxyl groups excluding tert-OH is 1. The highest BCUT2D eigenvalue weighted by Crippen LogP contribution is 2.56. The van der Waals surface area contributed by atoms with Crippen LogP contribution in [0.5, 0.6) is 0 Å². The van der Waals surface area contributed by atoms with Gasteiger partial charge in [0.2, 0.25) is 0 Å². The first-order valence-corrected chi connectivity index (χ1v) is 9.52. The van der Waals surface area contributed by atoms with Gasteiger partial charge in [0, 0.05) is 0 Å². The maximum absolute atomic E-state index is 13.5. The quantitative estimate of drug-likeness (QED) is 0.799. The number of hydrogen-bond acceptors (Lipinski definition) is 4. The molecule has 1 aliphatic carbocycles. The number of benzene rings is 2. The van der Waals surface area contributed by atoms with Crippen LogP contribution in [0.4, 0.5) is 0 Å². The van der Waals surface area contributed by atoms with Crippen LogP contribution < -0.4 is 0 Å². The predicted molar refractivity (Wildman–Crippen MR) is 111 cm³/mol. The van der Waals surface area contributed by atoms with Gasteiger partial charge in [-0.2, -0.15) is 0 Å². The summed E-state index contributed by atoms with van der Waals surface area (Å²) in [6, 6.07) is 16.8. The monoisotopic (exact) mass is 387 g/mol. The molecule has 1 heterocycles. The first-order chi connectivity index (χ1) is 13.9. The zero-order chi connectivity index (χ0) is 20.8. The minimum atomic E-state index is -1.57. The first kappa shape index (κ1) is 18.9. The zero-order valence-electron chi connectivity index (χ0n) is 16.5. The Balaban J connectivity index is 2.11. The van der Waals surface area contributed by atoms with E-state index in [9.17, 15) is 14.7 Å². The molecule has 0 radical (unpaired) electrons. The normalized spacial score (nSPS) is 20.8. The summed E-state index contributed by atoms with van der Waals surface area (Å²) in [5, 5.41) is 11.5. The van der Waals surface area contributed by atoms with Gasteiger partial charge in [-0.1, -0.05) is 54.6 Å². The van der Waals surface area contributed by atoms with E-state index < -0.39 is 17.3 Å². The number of hydrogen-bond donors (Lipinski definition) is 1. The summed E-state index contributed by atoms with van der Waals surface area (Å²) >= 11 is 0. The summed E-state index contributed by atoms with van der Waals surface area (Å²) in [6.45, 7) is 5.30. The van der Waals surface area contributed by atoms with Gasteiger partial charge >= 0.3 is 5.97 Å². The van der Waals surface area contributed by atoms with Crippen LogP contribution in [0.1, 0.15) is 37.5 Å². The predicted octanol–water partition coefficient (Wildman–Crippen LogP) is 4.25. The van der Waals surface area contributed by atoms with Gasteiger partial charge in [-0.3, -0.25) is 4.79 Å². The van der Waals surface area contributed by atoms with Crippen molar-refractivity contribution in [1.82, 2.24) is 0 Å². The van der Waals surface area contributed by atoms with Crippen LogP contribution in [0.15, 0.2) is 70.9 Å². The summed E-state index contributed by atoms with van der Waals surface area (Å²) in [6.07, 6.45) is 0. The van der Waals surface area contributed by atoms with Crippen molar-refractivity contribution in [1.29, 1.82) is 0 Å². The third-order valence-electron chi connectivity index (χ3n) is 5.57. The maximum atomic E-state index is 13.5. The molecule has 0 aromatic heterocycles. The number of fused-ring (bicyclic) bond motifs is 2. The summed E-state index contributed by atoms with van der Waals surface area (Å²) in [4.78, 5) is 30.3. The van der Waals surface area contributed by atoms with Crippen LogP contribution in [0.25, 0.3) is 11.1 Å². The van der Waals surface area contributed by atoms with Crippen LogP contribution in [-0.4, -0.2) is 29.3 Å². The number of allylic oxidation sites excluding steroid dienone is 1. The van der Waals surface area contributed by atoms with Crippen molar-refractivity contribution in [2.24, 2.45) is 4.99 Å². The van der Waals surface area contributed by atoms with Gasteiger partial charge in [-0.15, -0.1) is 0 Å². The smallest absolute Gasteiger partial charge is 0.343 e. The third kappa shape index (κ3) is 2.50. The number of esters is 1. The first-order valence-electron chi connectivity index (χ1n) is 9.52. The van der Waals surface area contributed by atoms with Gasteiger partial charge in [0.05, 0.1) is 12.3 Å². The largest absolute Gasteiger partial charge is 0.509 e. The Hall–Kier alpha value is -3.47. The van der Waals surface area contributed by atoms with Crippen LogP contribution in [0.2, 0.25) is 0 Å². The second-order valence-electron chi connectivity index (χ2n) is 7.11. The number of nitrogens with zero attached hydrogens (tertiary/aromatic N) is 1. The summed E-state index contributed by atoms with van der Waals surface area (Å²) < 4.78 is 5.15. The van der Waals surface area contributed by atoms with E-state index in [1.807, 2.05) is 61.5 Å². The maximum Gasteiger partial charge on any atom is 0.343 e. The van der Waals surface area contributed by atoms with Gasteiger partial charge in [0.25, 0.3) is 5.91 Å². The highest BCUT2D eigenvalue weighted by atomic mass is 16.5. The summed E-state index contributed by atoms with van der Waals surface area (Å²) in [7, 11) is 0. The molecule has 1 amide bonds. The van der Waals surface area contributed by atoms with Gasteiger partial charge in [-0.25, -0.2) is 9.79 Å². The molecular formula is C24H21NO4. The molecule has 1 aliphatic heterocycles. The summed E-state index contributed by atoms with van der Waals surface area (Å²) in [5.74, 6) is -1.52. The van der Waals surface area contributed by atoms with Crippen molar-refractivity contribution in [3.05, 3.63) is 82.6 Å². The molecule has 5 heteroatoms. The molecule has 5 nitrogen and oxygen atoms in total. The SMILES string of the molecule is CCOC(=O)C1=C(O)C2(C(=O)N=C1C)C(c1ccccc1)=C(C)c1ccccc12. The molecule has 2 aromatic rings.